The molecule has 132 valence electrons. The minimum Gasteiger partial charge on any atom is -0.459 e. The van der Waals surface area contributed by atoms with Crippen LogP contribution in [0.15, 0.2) is 70.2 Å². The molecule has 2 N–H and O–H groups in total. The molecule has 0 saturated heterocycles. The third kappa shape index (κ3) is 4.15. The Morgan fingerprint density at radius 3 is 2.15 bits per heavy atom. The summed E-state index contributed by atoms with van der Waals surface area (Å²) in [6.45, 7) is 1.91. The second-order valence-corrected chi connectivity index (χ2v) is 6.52. The van der Waals surface area contributed by atoms with Crippen molar-refractivity contribution >= 4 is 35.0 Å². The van der Waals surface area contributed by atoms with Gasteiger partial charge >= 0.3 is 0 Å². The Labute approximate surface area is 155 Å². The van der Waals surface area contributed by atoms with E-state index >= 15 is 0 Å². The highest BCUT2D eigenvalue weighted by atomic mass is 32.2. The Kier molecular flexibility index (Phi) is 5.43. The normalized spacial score (nSPS) is 10.4. The number of rotatable bonds is 5. The Hall–Kier alpha value is -2.99. The summed E-state index contributed by atoms with van der Waals surface area (Å²) in [7, 11) is 0. The lowest BCUT2D eigenvalue weighted by molar-refractivity contribution is 0.0994. The smallest absolute Gasteiger partial charge is 0.291 e. The van der Waals surface area contributed by atoms with Gasteiger partial charge < -0.3 is 15.1 Å². The van der Waals surface area contributed by atoms with Crippen LogP contribution in [0.3, 0.4) is 0 Å². The first kappa shape index (κ1) is 17.8. The monoisotopic (exact) mass is 366 g/mol. The van der Waals surface area contributed by atoms with Gasteiger partial charge in [-0.15, -0.1) is 11.8 Å². The molecule has 2 amide bonds. The molecule has 0 radical (unpaired) electrons. The first-order valence-electron chi connectivity index (χ1n) is 7.98. The summed E-state index contributed by atoms with van der Waals surface area (Å²) in [5.41, 5.74) is 2.83. The molecule has 0 spiro atoms. The summed E-state index contributed by atoms with van der Waals surface area (Å²) in [6.07, 6.45) is 3.42. The van der Waals surface area contributed by atoms with Gasteiger partial charge in [0.2, 0.25) is 0 Å². The third-order valence-corrected chi connectivity index (χ3v) is 4.56. The van der Waals surface area contributed by atoms with Gasteiger partial charge in [0, 0.05) is 21.8 Å². The van der Waals surface area contributed by atoms with Crippen molar-refractivity contribution in [2.75, 3.05) is 16.9 Å². The van der Waals surface area contributed by atoms with Gasteiger partial charge in [0.25, 0.3) is 11.8 Å². The highest BCUT2D eigenvalue weighted by Crippen LogP contribution is 2.21. The summed E-state index contributed by atoms with van der Waals surface area (Å²) in [5, 5.41) is 5.61. The van der Waals surface area contributed by atoms with Gasteiger partial charge in [-0.2, -0.15) is 0 Å². The van der Waals surface area contributed by atoms with Gasteiger partial charge in [-0.3, -0.25) is 9.59 Å². The first-order chi connectivity index (χ1) is 12.6. The maximum Gasteiger partial charge on any atom is 0.291 e. The number of carbonyl (C=O) groups is 2. The van der Waals surface area contributed by atoms with Crippen molar-refractivity contribution in [3.8, 4) is 0 Å². The molecule has 0 atom stereocenters. The van der Waals surface area contributed by atoms with E-state index in [-0.39, 0.29) is 17.6 Å². The number of benzene rings is 2. The summed E-state index contributed by atoms with van der Waals surface area (Å²) in [4.78, 5) is 25.5. The number of nitrogens with one attached hydrogen (secondary N) is 2. The van der Waals surface area contributed by atoms with Crippen LogP contribution in [0.2, 0.25) is 0 Å². The predicted octanol–water partition coefficient (Wildman–Crippen LogP) is 4.81. The van der Waals surface area contributed by atoms with E-state index < -0.39 is 0 Å². The van der Waals surface area contributed by atoms with E-state index in [1.54, 1.807) is 48.2 Å². The molecule has 26 heavy (non-hydrogen) atoms. The lowest BCUT2D eigenvalue weighted by Gasteiger charge is -2.10. The predicted molar refractivity (Wildman–Crippen MR) is 104 cm³/mol. The molecule has 2 aromatic carbocycles. The number of hydrogen-bond donors (Lipinski definition) is 2. The summed E-state index contributed by atoms with van der Waals surface area (Å²) < 4.78 is 5.05. The van der Waals surface area contributed by atoms with Crippen LogP contribution in [0.1, 0.15) is 26.5 Å². The van der Waals surface area contributed by atoms with Crippen molar-refractivity contribution < 1.29 is 14.0 Å². The maximum atomic E-state index is 12.5. The van der Waals surface area contributed by atoms with Crippen LogP contribution >= 0.6 is 11.8 Å². The zero-order valence-corrected chi connectivity index (χ0v) is 15.2. The zero-order chi connectivity index (χ0) is 18.5. The van der Waals surface area contributed by atoms with E-state index in [0.717, 1.165) is 10.5 Å². The van der Waals surface area contributed by atoms with Gasteiger partial charge in [-0.05, 0) is 67.3 Å². The van der Waals surface area contributed by atoms with Crippen LogP contribution in [0.4, 0.5) is 11.4 Å². The molecule has 1 heterocycles. The molecule has 6 heteroatoms. The van der Waals surface area contributed by atoms with Crippen LogP contribution in [-0.4, -0.2) is 18.1 Å². The van der Waals surface area contributed by atoms with Gasteiger partial charge in [0.05, 0.1) is 6.26 Å². The minimum atomic E-state index is -0.323. The summed E-state index contributed by atoms with van der Waals surface area (Å²) >= 11 is 1.59. The number of carbonyl (C=O) groups excluding carboxylic acids is 2. The van der Waals surface area contributed by atoms with E-state index in [1.807, 2.05) is 31.4 Å². The number of thioether (sulfide) groups is 1. The van der Waals surface area contributed by atoms with Crippen molar-refractivity contribution in [3.05, 3.63) is 77.7 Å². The van der Waals surface area contributed by atoms with E-state index in [1.165, 1.54) is 6.26 Å². The van der Waals surface area contributed by atoms with E-state index in [2.05, 4.69) is 10.6 Å². The summed E-state index contributed by atoms with van der Waals surface area (Å²) in [5.74, 6) is -0.242. The van der Waals surface area contributed by atoms with Crippen LogP contribution in [0.5, 0.6) is 0 Å². The molecule has 1 aromatic heterocycles. The standard InChI is InChI=1S/C20H18N2O3S/c1-13-5-10-16(26-2)12-17(13)19(23)21-14-6-8-15(9-7-14)22-20(24)18-4-3-11-25-18/h3-12H,1-2H3,(H,21,23)(H,22,24). The molecule has 3 aromatic rings. The molecule has 3 rings (SSSR count). The van der Waals surface area contributed by atoms with E-state index in [4.69, 9.17) is 4.42 Å². The lowest BCUT2D eigenvalue weighted by Crippen LogP contribution is -2.14. The molecule has 0 aliphatic rings. The molecule has 0 saturated carbocycles. The minimum absolute atomic E-state index is 0.161. The van der Waals surface area contributed by atoms with Crippen molar-refractivity contribution in [2.45, 2.75) is 11.8 Å². The van der Waals surface area contributed by atoms with Crippen molar-refractivity contribution in [1.29, 1.82) is 0 Å². The SMILES string of the molecule is CSc1ccc(C)c(C(=O)Nc2ccc(NC(=O)c3ccco3)cc2)c1. The Morgan fingerprint density at radius 2 is 1.58 bits per heavy atom. The highest BCUT2D eigenvalue weighted by Gasteiger charge is 2.11. The van der Waals surface area contributed by atoms with Crippen LogP contribution in [0.25, 0.3) is 0 Å². The number of anilines is 2. The fourth-order valence-corrected chi connectivity index (χ4v) is 2.85. The second-order valence-electron chi connectivity index (χ2n) is 5.64. The maximum absolute atomic E-state index is 12.5. The molecule has 0 aliphatic heterocycles. The van der Waals surface area contributed by atoms with E-state index in [9.17, 15) is 9.59 Å². The number of aryl methyl sites for hydroxylation is 1. The van der Waals surface area contributed by atoms with Crippen molar-refractivity contribution in [3.63, 3.8) is 0 Å². The number of amides is 2. The van der Waals surface area contributed by atoms with Crippen LogP contribution in [-0.2, 0) is 0 Å². The molecule has 0 aliphatic carbocycles. The van der Waals surface area contributed by atoms with Gasteiger partial charge in [0.15, 0.2) is 5.76 Å². The average Bonchev–Trinajstić information content (AvgIpc) is 3.18. The lowest BCUT2D eigenvalue weighted by atomic mass is 10.1. The fraction of sp³-hybridized carbons (Fsp3) is 0.100. The average molecular weight is 366 g/mol. The molecular weight excluding hydrogens is 348 g/mol. The topological polar surface area (TPSA) is 71.3 Å². The number of furan rings is 1. The zero-order valence-electron chi connectivity index (χ0n) is 14.4. The molecule has 5 nitrogen and oxygen atoms in total. The Bertz CT molecular complexity index is 919. The van der Waals surface area contributed by atoms with Crippen LogP contribution in [0, 0.1) is 6.92 Å². The number of hydrogen-bond acceptors (Lipinski definition) is 4. The van der Waals surface area contributed by atoms with E-state index in [0.29, 0.717) is 16.9 Å². The fourth-order valence-electron chi connectivity index (χ4n) is 2.41. The van der Waals surface area contributed by atoms with Crippen molar-refractivity contribution in [2.24, 2.45) is 0 Å². The van der Waals surface area contributed by atoms with Crippen LogP contribution < -0.4 is 10.6 Å². The molecular formula is C20H18N2O3S. The molecule has 0 bridgehead atoms. The molecule has 0 fully saturated rings. The van der Waals surface area contributed by atoms with Crippen molar-refractivity contribution in [1.82, 2.24) is 0 Å². The largest absolute Gasteiger partial charge is 0.459 e. The van der Waals surface area contributed by atoms with Gasteiger partial charge in [-0.1, -0.05) is 6.07 Å². The second kappa shape index (κ2) is 7.93. The molecule has 0 unspecified atom stereocenters. The Morgan fingerprint density at radius 1 is 0.923 bits per heavy atom. The van der Waals surface area contributed by atoms with Gasteiger partial charge in [-0.25, -0.2) is 0 Å². The van der Waals surface area contributed by atoms with Gasteiger partial charge in [0.1, 0.15) is 0 Å². The summed E-state index contributed by atoms with van der Waals surface area (Å²) in [6, 6.07) is 16.0. The quantitative estimate of drug-likeness (QED) is 0.636. The first-order valence-corrected chi connectivity index (χ1v) is 9.20. The highest BCUT2D eigenvalue weighted by molar-refractivity contribution is 7.98. The Balaban J connectivity index is 1.67. The third-order valence-electron chi connectivity index (χ3n) is 3.83.